The summed E-state index contributed by atoms with van der Waals surface area (Å²) in [6.45, 7) is 0. The zero-order valence-electron chi connectivity index (χ0n) is 10.8. The summed E-state index contributed by atoms with van der Waals surface area (Å²) in [5.41, 5.74) is 2.99. The number of nitrogens with one attached hydrogen (secondary N) is 1. The molecule has 0 radical (unpaired) electrons. The number of amides is 1. The molecular weight excluding hydrogens is 484 g/mol. The summed E-state index contributed by atoms with van der Waals surface area (Å²) in [6, 6.07) is 7.81. The molecule has 0 spiro atoms. The highest BCUT2D eigenvalue weighted by Gasteiger charge is 2.12. The van der Waals surface area contributed by atoms with Crippen LogP contribution in [0.5, 0.6) is 11.5 Å². The van der Waals surface area contributed by atoms with Crippen molar-refractivity contribution < 1.29 is 15.0 Å². The van der Waals surface area contributed by atoms with Gasteiger partial charge < -0.3 is 10.2 Å². The SMILES string of the molecule is O=C(N/N=C/c1c(Br)cc(Br)c(O)c1Br)c1ccccc1O. The van der Waals surface area contributed by atoms with E-state index in [-0.39, 0.29) is 17.1 Å². The van der Waals surface area contributed by atoms with Gasteiger partial charge in [0.05, 0.1) is 20.7 Å². The maximum absolute atomic E-state index is 11.9. The number of hydrogen-bond acceptors (Lipinski definition) is 4. The van der Waals surface area contributed by atoms with Crippen LogP contribution in [0.4, 0.5) is 0 Å². The number of aromatic hydroxyl groups is 2. The average molecular weight is 493 g/mol. The molecule has 2 aromatic carbocycles. The van der Waals surface area contributed by atoms with E-state index >= 15 is 0 Å². The van der Waals surface area contributed by atoms with E-state index in [1.807, 2.05) is 0 Å². The number of benzene rings is 2. The number of carbonyl (C=O) groups excluding carboxylic acids is 1. The molecule has 22 heavy (non-hydrogen) atoms. The summed E-state index contributed by atoms with van der Waals surface area (Å²) in [6.07, 6.45) is 1.37. The van der Waals surface area contributed by atoms with Crippen molar-refractivity contribution in [3.05, 3.63) is 54.9 Å². The van der Waals surface area contributed by atoms with Crippen LogP contribution in [-0.2, 0) is 0 Å². The quantitative estimate of drug-likeness (QED) is 0.445. The Labute approximate surface area is 151 Å². The third-order valence-electron chi connectivity index (χ3n) is 2.69. The molecular formula is C14H9Br3N2O3. The second-order valence-corrected chi connectivity index (χ2v) is 6.63. The summed E-state index contributed by atoms with van der Waals surface area (Å²) in [4.78, 5) is 11.9. The monoisotopic (exact) mass is 490 g/mol. The minimum absolute atomic E-state index is 0.0247. The molecule has 8 heteroatoms. The largest absolute Gasteiger partial charge is 0.507 e. The Kier molecular flexibility index (Phi) is 5.60. The van der Waals surface area contributed by atoms with Gasteiger partial charge in [0.25, 0.3) is 5.91 Å². The maximum Gasteiger partial charge on any atom is 0.275 e. The lowest BCUT2D eigenvalue weighted by molar-refractivity contribution is 0.0952. The number of nitrogens with zero attached hydrogens (tertiary/aromatic N) is 1. The van der Waals surface area contributed by atoms with E-state index in [0.29, 0.717) is 19.0 Å². The molecule has 0 aliphatic heterocycles. The number of phenols is 2. The molecule has 0 saturated carbocycles. The molecule has 0 heterocycles. The lowest BCUT2D eigenvalue weighted by Gasteiger charge is -2.07. The van der Waals surface area contributed by atoms with Gasteiger partial charge in [0.1, 0.15) is 11.5 Å². The number of carbonyl (C=O) groups is 1. The van der Waals surface area contributed by atoms with Crippen LogP contribution in [0.1, 0.15) is 15.9 Å². The van der Waals surface area contributed by atoms with Gasteiger partial charge in [0.15, 0.2) is 0 Å². The molecule has 0 unspecified atom stereocenters. The van der Waals surface area contributed by atoms with Crippen molar-refractivity contribution in [3.63, 3.8) is 0 Å². The lowest BCUT2D eigenvalue weighted by Crippen LogP contribution is -2.17. The first-order valence-corrected chi connectivity index (χ1v) is 8.27. The Hall–Kier alpha value is -1.38. The lowest BCUT2D eigenvalue weighted by atomic mass is 10.2. The van der Waals surface area contributed by atoms with Crippen molar-refractivity contribution in [1.82, 2.24) is 5.43 Å². The fourth-order valence-corrected chi connectivity index (χ4v) is 3.92. The summed E-state index contributed by atoms with van der Waals surface area (Å²) in [5.74, 6) is -0.640. The molecule has 0 aliphatic rings. The van der Waals surface area contributed by atoms with Crippen LogP contribution in [0.25, 0.3) is 0 Å². The van der Waals surface area contributed by atoms with Gasteiger partial charge in [0, 0.05) is 10.0 Å². The Morgan fingerprint density at radius 1 is 1.14 bits per heavy atom. The van der Waals surface area contributed by atoms with Gasteiger partial charge in [-0.1, -0.05) is 28.1 Å². The predicted octanol–water partition coefficient (Wildman–Crippen LogP) is 4.15. The summed E-state index contributed by atoms with van der Waals surface area (Å²) < 4.78 is 1.61. The van der Waals surface area contributed by atoms with Crippen LogP contribution in [0.2, 0.25) is 0 Å². The smallest absolute Gasteiger partial charge is 0.275 e. The number of halogens is 3. The molecule has 3 N–H and O–H groups in total. The van der Waals surface area contributed by atoms with Crippen molar-refractivity contribution in [1.29, 1.82) is 0 Å². The average Bonchev–Trinajstić information content (AvgIpc) is 2.48. The first-order chi connectivity index (χ1) is 10.4. The van der Waals surface area contributed by atoms with Crippen molar-refractivity contribution in [2.75, 3.05) is 0 Å². The first-order valence-electron chi connectivity index (χ1n) is 5.89. The Morgan fingerprint density at radius 2 is 1.82 bits per heavy atom. The van der Waals surface area contributed by atoms with Gasteiger partial charge in [-0.15, -0.1) is 0 Å². The van der Waals surface area contributed by atoms with Crippen LogP contribution in [0, 0.1) is 0 Å². The third kappa shape index (κ3) is 3.68. The molecule has 0 aromatic heterocycles. The zero-order chi connectivity index (χ0) is 16.3. The maximum atomic E-state index is 11.9. The van der Waals surface area contributed by atoms with Gasteiger partial charge in [0.2, 0.25) is 0 Å². The van der Waals surface area contributed by atoms with E-state index in [1.165, 1.54) is 18.3 Å². The van der Waals surface area contributed by atoms with E-state index in [9.17, 15) is 15.0 Å². The van der Waals surface area contributed by atoms with Gasteiger partial charge in [-0.25, -0.2) is 5.43 Å². The molecule has 2 aromatic rings. The van der Waals surface area contributed by atoms with Crippen LogP contribution in [-0.4, -0.2) is 22.3 Å². The van der Waals surface area contributed by atoms with E-state index in [2.05, 4.69) is 58.3 Å². The second-order valence-electron chi connectivity index (χ2n) is 4.13. The Bertz CT molecular complexity index is 763. The molecule has 0 fully saturated rings. The Morgan fingerprint density at radius 3 is 2.50 bits per heavy atom. The van der Waals surface area contributed by atoms with E-state index in [4.69, 9.17) is 0 Å². The second kappa shape index (κ2) is 7.26. The molecule has 114 valence electrons. The third-order valence-corrected chi connectivity index (χ3v) is 4.75. The molecule has 0 bridgehead atoms. The van der Waals surface area contributed by atoms with Gasteiger partial charge in [-0.3, -0.25) is 4.79 Å². The van der Waals surface area contributed by atoms with Crippen molar-refractivity contribution in [3.8, 4) is 11.5 Å². The molecule has 0 saturated heterocycles. The minimum atomic E-state index is -0.539. The van der Waals surface area contributed by atoms with Crippen molar-refractivity contribution in [2.24, 2.45) is 5.10 Å². The predicted molar refractivity (Wildman–Crippen MR) is 94.4 cm³/mol. The number of para-hydroxylation sites is 1. The highest BCUT2D eigenvalue weighted by molar-refractivity contribution is 9.11. The van der Waals surface area contributed by atoms with Crippen LogP contribution in [0.3, 0.4) is 0 Å². The number of hydrazone groups is 1. The summed E-state index contributed by atoms with van der Waals surface area (Å²) in [5, 5.41) is 23.3. The summed E-state index contributed by atoms with van der Waals surface area (Å²) >= 11 is 9.80. The van der Waals surface area contributed by atoms with Crippen LogP contribution >= 0.6 is 47.8 Å². The van der Waals surface area contributed by atoms with Crippen LogP contribution < -0.4 is 5.43 Å². The Balaban J connectivity index is 2.19. The van der Waals surface area contributed by atoms with E-state index in [1.54, 1.807) is 18.2 Å². The van der Waals surface area contributed by atoms with Crippen LogP contribution in [0.15, 0.2) is 48.9 Å². The molecule has 2 rings (SSSR count). The topological polar surface area (TPSA) is 81.9 Å². The standard InChI is InChI=1S/C14H9Br3N2O3/c15-9-5-10(16)13(21)12(17)8(9)6-18-19-14(22)7-3-1-2-4-11(7)20/h1-6,20-21H,(H,19,22)/b18-6+. The highest BCUT2D eigenvalue weighted by Crippen LogP contribution is 2.38. The molecule has 5 nitrogen and oxygen atoms in total. The normalized spacial score (nSPS) is 10.9. The highest BCUT2D eigenvalue weighted by atomic mass is 79.9. The first kappa shape index (κ1) is 17.0. The fraction of sp³-hybridized carbons (Fsp3) is 0. The van der Waals surface area contributed by atoms with Gasteiger partial charge >= 0.3 is 0 Å². The number of rotatable bonds is 3. The van der Waals surface area contributed by atoms with E-state index < -0.39 is 5.91 Å². The van der Waals surface area contributed by atoms with Gasteiger partial charge in [-0.2, -0.15) is 5.10 Å². The molecule has 0 aliphatic carbocycles. The summed E-state index contributed by atoms with van der Waals surface area (Å²) in [7, 11) is 0. The zero-order valence-corrected chi connectivity index (χ0v) is 15.6. The van der Waals surface area contributed by atoms with E-state index in [0.717, 1.165) is 0 Å². The minimum Gasteiger partial charge on any atom is -0.507 e. The molecule has 1 amide bonds. The fourth-order valence-electron chi connectivity index (χ4n) is 1.59. The number of hydrogen-bond donors (Lipinski definition) is 3. The molecule has 0 atom stereocenters. The van der Waals surface area contributed by atoms with Crippen molar-refractivity contribution in [2.45, 2.75) is 0 Å². The van der Waals surface area contributed by atoms with Gasteiger partial charge in [-0.05, 0) is 50.1 Å². The number of phenolic OH excluding ortho intramolecular Hbond substituents is 2. The van der Waals surface area contributed by atoms with Crippen molar-refractivity contribution >= 4 is 59.9 Å².